The highest BCUT2D eigenvalue weighted by Crippen LogP contribution is 2.22. The Morgan fingerprint density at radius 3 is 2.75 bits per heavy atom. The fraction of sp³-hybridized carbons (Fsp3) is 0.533. The number of aryl methyl sites for hydroxylation is 1. The van der Waals surface area contributed by atoms with Crippen molar-refractivity contribution in [1.82, 2.24) is 5.32 Å². The molecule has 1 fully saturated rings. The molecule has 0 radical (unpaired) electrons. The maximum absolute atomic E-state index is 11.9. The molecule has 110 valence electrons. The van der Waals surface area contributed by atoms with E-state index in [1.807, 2.05) is 19.1 Å². The third kappa shape index (κ3) is 3.63. The Hall–Kier alpha value is -1.75. The first-order valence-electron chi connectivity index (χ1n) is 7.00. The van der Waals surface area contributed by atoms with Crippen LogP contribution in [0.1, 0.15) is 31.2 Å². The molecule has 2 amide bonds. The smallest absolute Gasteiger partial charge is 0.319 e. The topological polar surface area (TPSA) is 70.6 Å². The second kappa shape index (κ2) is 6.61. The summed E-state index contributed by atoms with van der Waals surface area (Å²) in [4.78, 5) is 11.9. The first-order chi connectivity index (χ1) is 9.60. The normalized spacial score (nSPS) is 22.1. The van der Waals surface area contributed by atoms with E-state index in [0.717, 1.165) is 37.0 Å². The lowest BCUT2D eigenvalue weighted by atomic mass is 9.93. The van der Waals surface area contributed by atoms with Crippen molar-refractivity contribution in [2.24, 2.45) is 0 Å². The van der Waals surface area contributed by atoms with E-state index in [-0.39, 0.29) is 12.1 Å². The lowest BCUT2D eigenvalue weighted by Gasteiger charge is -2.28. The molecule has 1 aliphatic rings. The summed E-state index contributed by atoms with van der Waals surface area (Å²) in [5, 5.41) is 15.5. The Bertz CT molecular complexity index is 476. The van der Waals surface area contributed by atoms with Gasteiger partial charge in [0.2, 0.25) is 0 Å². The van der Waals surface area contributed by atoms with E-state index in [1.165, 1.54) is 0 Å². The molecule has 0 aromatic heterocycles. The Morgan fingerprint density at radius 1 is 1.35 bits per heavy atom. The van der Waals surface area contributed by atoms with Gasteiger partial charge in [0, 0.05) is 5.69 Å². The Balaban J connectivity index is 1.92. The molecule has 1 saturated carbocycles. The van der Waals surface area contributed by atoms with Crippen LogP contribution in [0.2, 0.25) is 0 Å². The number of anilines is 1. The van der Waals surface area contributed by atoms with Crippen LogP contribution in [-0.2, 0) is 0 Å². The van der Waals surface area contributed by atoms with E-state index in [2.05, 4.69) is 10.6 Å². The summed E-state index contributed by atoms with van der Waals surface area (Å²) in [6, 6.07) is 5.04. The molecule has 5 nitrogen and oxygen atoms in total. The van der Waals surface area contributed by atoms with Gasteiger partial charge < -0.3 is 20.5 Å². The monoisotopic (exact) mass is 278 g/mol. The van der Waals surface area contributed by atoms with Gasteiger partial charge in [-0.2, -0.15) is 0 Å². The lowest BCUT2D eigenvalue weighted by Crippen LogP contribution is -2.46. The number of benzene rings is 1. The summed E-state index contributed by atoms with van der Waals surface area (Å²) >= 11 is 0. The third-order valence-corrected chi connectivity index (χ3v) is 3.70. The minimum atomic E-state index is -0.438. The number of amides is 2. The molecule has 2 atom stereocenters. The van der Waals surface area contributed by atoms with Crippen molar-refractivity contribution < 1.29 is 14.6 Å². The number of ether oxygens (including phenoxy) is 1. The second-order valence-electron chi connectivity index (χ2n) is 5.24. The van der Waals surface area contributed by atoms with E-state index < -0.39 is 6.10 Å². The first-order valence-corrected chi connectivity index (χ1v) is 7.00. The average Bonchev–Trinajstić information content (AvgIpc) is 2.41. The van der Waals surface area contributed by atoms with Gasteiger partial charge in [-0.05, 0) is 43.5 Å². The van der Waals surface area contributed by atoms with Crippen LogP contribution < -0.4 is 15.4 Å². The lowest BCUT2D eigenvalue weighted by molar-refractivity contribution is 0.0955. The quantitative estimate of drug-likeness (QED) is 0.795. The maximum atomic E-state index is 11.9. The Kier molecular flexibility index (Phi) is 4.84. The molecule has 0 bridgehead atoms. The molecule has 3 N–H and O–H groups in total. The molecule has 20 heavy (non-hydrogen) atoms. The molecule has 0 heterocycles. The van der Waals surface area contributed by atoms with Gasteiger partial charge >= 0.3 is 6.03 Å². The van der Waals surface area contributed by atoms with Gasteiger partial charge in [-0.3, -0.25) is 0 Å². The van der Waals surface area contributed by atoms with Crippen LogP contribution in [0.4, 0.5) is 10.5 Å². The van der Waals surface area contributed by atoms with Crippen LogP contribution >= 0.6 is 0 Å². The summed E-state index contributed by atoms with van der Waals surface area (Å²) in [6.45, 7) is 1.92. The van der Waals surface area contributed by atoms with Gasteiger partial charge in [-0.25, -0.2) is 4.79 Å². The summed E-state index contributed by atoms with van der Waals surface area (Å²) in [5.74, 6) is 0.790. The van der Waals surface area contributed by atoms with Crippen molar-refractivity contribution in [3.05, 3.63) is 23.8 Å². The number of aliphatic hydroxyl groups is 1. The fourth-order valence-electron chi connectivity index (χ4n) is 2.57. The highest BCUT2D eigenvalue weighted by molar-refractivity contribution is 5.89. The fourth-order valence-corrected chi connectivity index (χ4v) is 2.57. The molecule has 0 spiro atoms. The highest BCUT2D eigenvalue weighted by Gasteiger charge is 2.24. The minimum Gasteiger partial charge on any atom is -0.496 e. The number of nitrogens with one attached hydrogen (secondary N) is 2. The van der Waals surface area contributed by atoms with Crippen molar-refractivity contribution in [3.63, 3.8) is 0 Å². The predicted molar refractivity (Wildman–Crippen MR) is 78.1 cm³/mol. The van der Waals surface area contributed by atoms with Crippen LogP contribution in [0.5, 0.6) is 5.75 Å². The van der Waals surface area contributed by atoms with Gasteiger partial charge in [0.1, 0.15) is 5.75 Å². The van der Waals surface area contributed by atoms with E-state index in [1.54, 1.807) is 13.2 Å². The van der Waals surface area contributed by atoms with Gasteiger partial charge in [-0.1, -0.05) is 12.8 Å². The number of carbonyl (C=O) groups excluding carboxylic acids is 1. The molecule has 0 saturated heterocycles. The number of carbonyl (C=O) groups is 1. The standard InChI is InChI=1S/C15H22N2O3/c1-10-9-11(7-8-14(10)20-2)16-15(19)17-12-5-3-4-6-13(12)18/h7-9,12-13,18H,3-6H2,1-2H3,(H2,16,17,19). The third-order valence-electron chi connectivity index (χ3n) is 3.70. The predicted octanol–water partition coefficient (Wildman–Crippen LogP) is 2.43. The molecule has 2 unspecified atom stereocenters. The molecule has 2 rings (SSSR count). The van der Waals surface area contributed by atoms with Crippen LogP contribution in [-0.4, -0.2) is 30.4 Å². The highest BCUT2D eigenvalue weighted by atomic mass is 16.5. The minimum absolute atomic E-state index is 0.150. The van der Waals surface area contributed by atoms with Gasteiger partial charge in [0.25, 0.3) is 0 Å². The molecule has 1 aromatic rings. The van der Waals surface area contributed by atoms with E-state index in [0.29, 0.717) is 5.69 Å². The Labute approximate surface area is 119 Å². The van der Waals surface area contributed by atoms with Gasteiger partial charge in [0.05, 0.1) is 19.3 Å². The molecule has 1 aromatic carbocycles. The van der Waals surface area contributed by atoms with E-state index in [9.17, 15) is 9.90 Å². The van der Waals surface area contributed by atoms with Crippen LogP contribution in [0.15, 0.2) is 18.2 Å². The van der Waals surface area contributed by atoms with Crippen molar-refractivity contribution in [2.75, 3.05) is 12.4 Å². The van der Waals surface area contributed by atoms with Crippen LogP contribution in [0, 0.1) is 6.92 Å². The van der Waals surface area contributed by atoms with Crippen LogP contribution in [0.3, 0.4) is 0 Å². The maximum Gasteiger partial charge on any atom is 0.319 e. The molecule has 0 aliphatic heterocycles. The summed E-state index contributed by atoms with van der Waals surface area (Å²) in [5.41, 5.74) is 1.68. The number of rotatable bonds is 3. The summed E-state index contributed by atoms with van der Waals surface area (Å²) in [7, 11) is 1.62. The van der Waals surface area contributed by atoms with Crippen molar-refractivity contribution in [3.8, 4) is 5.75 Å². The van der Waals surface area contributed by atoms with E-state index in [4.69, 9.17) is 4.74 Å². The molecule has 1 aliphatic carbocycles. The number of methoxy groups -OCH3 is 1. The van der Waals surface area contributed by atoms with Gasteiger partial charge in [-0.15, -0.1) is 0 Å². The van der Waals surface area contributed by atoms with Crippen molar-refractivity contribution >= 4 is 11.7 Å². The van der Waals surface area contributed by atoms with Gasteiger partial charge in [0.15, 0.2) is 0 Å². The zero-order valence-electron chi connectivity index (χ0n) is 12.0. The van der Waals surface area contributed by atoms with Crippen LogP contribution in [0.25, 0.3) is 0 Å². The van der Waals surface area contributed by atoms with E-state index >= 15 is 0 Å². The zero-order valence-corrected chi connectivity index (χ0v) is 12.0. The first kappa shape index (κ1) is 14.7. The largest absolute Gasteiger partial charge is 0.496 e. The SMILES string of the molecule is COc1ccc(NC(=O)NC2CCCCC2O)cc1C. The number of aliphatic hydroxyl groups excluding tert-OH is 1. The number of urea groups is 1. The van der Waals surface area contributed by atoms with Crippen molar-refractivity contribution in [1.29, 1.82) is 0 Å². The van der Waals surface area contributed by atoms with Crippen molar-refractivity contribution in [2.45, 2.75) is 44.8 Å². The second-order valence-corrected chi connectivity index (χ2v) is 5.24. The molecular weight excluding hydrogens is 256 g/mol. The molecule has 5 heteroatoms. The Morgan fingerprint density at radius 2 is 2.10 bits per heavy atom. The molecular formula is C15H22N2O3. The zero-order chi connectivity index (χ0) is 14.5. The summed E-state index contributed by atoms with van der Waals surface area (Å²) in [6.07, 6.45) is 3.22. The summed E-state index contributed by atoms with van der Waals surface area (Å²) < 4.78 is 5.18. The average molecular weight is 278 g/mol. The number of hydrogen-bond donors (Lipinski definition) is 3. The number of hydrogen-bond acceptors (Lipinski definition) is 3.